The van der Waals surface area contributed by atoms with Gasteiger partial charge in [-0.25, -0.2) is 0 Å². The van der Waals surface area contributed by atoms with Crippen LogP contribution in [0.4, 0.5) is 22.0 Å². The molecule has 0 aromatic heterocycles. The zero-order chi connectivity index (χ0) is 38.3. The van der Waals surface area contributed by atoms with Crippen molar-refractivity contribution in [1.82, 2.24) is 0 Å². The second kappa shape index (κ2) is 17.6. The molecule has 2 unspecified atom stereocenters. The molecule has 0 saturated carbocycles. The zero-order valence-corrected chi connectivity index (χ0v) is 33.2. The van der Waals surface area contributed by atoms with Gasteiger partial charge in [0.05, 0.1) is 38.1 Å². The summed E-state index contributed by atoms with van der Waals surface area (Å²) in [5.41, 5.74) is 5.65. The number of rotatable bonds is 6. The molecular formula is C40H47Cl2F5O9. The van der Waals surface area contributed by atoms with E-state index >= 15 is 0 Å². The highest BCUT2D eigenvalue weighted by atomic mass is 35.5. The summed E-state index contributed by atoms with van der Waals surface area (Å²) in [5.74, 6) is 1.50. The van der Waals surface area contributed by atoms with E-state index in [-0.39, 0.29) is 66.1 Å². The van der Waals surface area contributed by atoms with Crippen molar-refractivity contribution in [3.63, 3.8) is 0 Å². The van der Waals surface area contributed by atoms with Crippen LogP contribution < -0.4 is 28.4 Å². The molecule has 3 aromatic carbocycles. The van der Waals surface area contributed by atoms with Crippen molar-refractivity contribution >= 4 is 24.8 Å². The highest BCUT2D eigenvalue weighted by molar-refractivity contribution is 5.85. The van der Waals surface area contributed by atoms with Crippen LogP contribution in [-0.2, 0) is 33.5 Å². The average Bonchev–Trinajstić information content (AvgIpc) is 3.75. The smallest absolute Gasteiger partial charge is 0.423 e. The molecule has 0 aliphatic carbocycles. The number of hydrogen-bond donors (Lipinski definition) is 0. The van der Waals surface area contributed by atoms with E-state index in [0.717, 1.165) is 85.6 Å². The molecule has 0 spiro atoms. The van der Waals surface area contributed by atoms with E-state index in [2.05, 4.69) is 25.9 Å². The maximum Gasteiger partial charge on any atom is 0.586 e. The third-order valence-corrected chi connectivity index (χ3v) is 9.92. The molecule has 16 heteroatoms. The summed E-state index contributed by atoms with van der Waals surface area (Å²) in [6.45, 7) is 9.40. The van der Waals surface area contributed by atoms with Crippen molar-refractivity contribution in [2.24, 2.45) is 0 Å². The molecule has 9 nitrogen and oxygen atoms in total. The molecule has 56 heavy (non-hydrogen) atoms. The Bertz CT molecular complexity index is 1640. The van der Waals surface area contributed by atoms with Gasteiger partial charge in [-0.3, -0.25) is 0 Å². The normalized spacial score (nSPS) is 24.7. The highest BCUT2D eigenvalue weighted by Crippen LogP contribution is 2.52. The number of hydrogen-bond acceptors (Lipinski definition) is 9. The van der Waals surface area contributed by atoms with E-state index in [4.69, 9.17) is 23.7 Å². The van der Waals surface area contributed by atoms with Gasteiger partial charge in [-0.05, 0) is 73.4 Å². The first kappa shape index (κ1) is 43.7. The van der Waals surface area contributed by atoms with Gasteiger partial charge in [0.1, 0.15) is 0 Å². The summed E-state index contributed by atoms with van der Waals surface area (Å²) in [6, 6.07) is 8.45. The van der Waals surface area contributed by atoms with Gasteiger partial charge >= 0.3 is 18.6 Å². The van der Waals surface area contributed by atoms with Crippen LogP contribution in [0, 0.1) is 0 Å². The lowest BCUT2D eigenvalue weighted by atomic mass is 9.93. The summed E-state index contributed by atoms with van der Waals surface area (Å²) in [7, 11) is 0. The molecule has 0 fully saturated rings. The third-order valence-electron chi connectivity index (χ3n) is 9.92. The van der Waals surface area contributed by atoms with Crippen LogP contribution in [0.15, 0.2) is 36.4 Å². The fourth-order valence-electron chi connectivity index (χ4n) is 7.72. The monoisotopic (exact) mass is 836 g/mol. The first-order chi connectivity index (χ1) is 25.8. The minimum atomic E-state index is -3.56. The van der Waals surface area contributed by atoms with Crippen LogP contribution >= 0.6 is 24.8 Å². The third kappa shape index (κ3) is 9.14. The molecule has 6 heterocycles. The van der Waals surface area contributed by atoms with E-state index in [1.165, 1.54) is 12.5 Å². The molecule has 0 N–H and O–H groups in total. The molecule has 6 aliphatic heterocycles. The van der Waals surface area contributed by atoms with Crippen LogP contribution in [-0.4, -0.2) is 38.5 Å². The first-order valence-electron chi connectivity index (χ1n) is 18.7. The first-order valence-corrected chi connectivity index (χ1v) is 18.7. The second-order valence-electron chi connectivity index (χ2n) is 14.0. The number of benzene rings is 3. The molecule has 4 atom stereocenters. The van der Waals surface area contributed by atoms with Crippen LogP contribution in [0.25, 0.3) is 0 Å². The molecule has 0 amide bonds. The maximum atomic E-state index is 13.8. The second-order valence-corrected chi connectivity index (χ2v) is 14.0. The van der Waals surface area contributed by atoms with Crippen LogP contribution in [0.5, 0.6) is 34.5 Å². The fraction of sp³-hybridized carbons (Fsp3) is 0.550. The number of ether oxygens (including phenoxy) is 9. The molecule has 0 bridgehead atoms. The van der Waals surface area contributed by atoms with Crippen molar-refractivity contribution in [1.29, 1.82) is 0 Å². The summed E-state index contributed by atoms with van der Waals surface area (Å²) < 4.78 is 112. The maximum absolute atomic E-state index is 13.8. The Morgan fingerprint density at radius 3 is 1.14 bits per heavy atom. The Morgan fingerprint density at radius 2 is 0.804 bits per heavy atom. The van der Waals surface area contributed by atoms with Gasteiger partial charge in [0.2, 0.25) is 0 Å². The molecule has 0 radical (unpaired) electrons. The van der Waals surface area contributed by atoms with Crippen molar-refractivity contribution in [3.8, 4) is 34.5 Å². The standard InChI is InChI=1S/C14H17FO3.2C13H14F2O3.2ClH/c1-3-4-10-12-9(7-8-16-10)5-6-11-13(12)18-14(2,15)17-11;2*1-2-3-9-11-8(6-7-16-9)4-5-10-12(11)18-13(14,15)17-10;;/h5-6,10H,3-4,7-8H2,1-2H3;2*4-5,9H,2-3,6-7H2,1H3;2*1H/t10-,14?;9-;;;/m01.../s1. The quantitative estimate of drug-likeness (QED) is 0.225. The van der Waals surface area contributed by atoms with Gasteiger partial charge in [0, 0.05) is 23.6 Å². The zero-order valence-electron chi connectivity index (χ0n) is 31.6. The van der Waals surface area contributed by atoms with E-state index in [0.29, 0.717) is 31.3 Å². The SMILES string of the molecule is CCCC1OCCc2ccc3c(c21)OC(F)(F)O3.CCC[C@@H]1OCCc2ccc3c(c21)OC(C)(F)O3.CCC[C@H]1OCCc2ccc3c(c21)OC(F)(F)O3.Cl.Cl. The molecular weight excluding hydrogens is 790 g/mol. The predicted molar refractivity (Wildman–Crippen MR) is 199 cm³/mol. The van der Waals surface area contributed by atoms with E-state index in [9.17, 15) is 22.0 Å². The van der Waals surface area contributed by atoms with Crippen molar-refractivity contribution < 1.29 is 64.6 Å². The Hall–Kier alpha value is -3.43. The minimum Gasteiger partial charge on any atom is -0.423 e. The lowest BCUT2D eigenvalue weighted by Crippen LogP contribution is -2.28. The van der Waals surface area contributed by atoms with Crippen LogP contribution in [0.1, 0.15) is 118 Å². The lowest BCUT2D eigenvalue weighted by molar-refractivity contribution is -0.288. The van der Waals surface area contributed by atoms with Gasteiger partial charge in [0.15, 0.2) is 34.5 Å². The summed E-state index contributed by atoms with van der Waals surface area (Å²) in [5, 5.41) is 0. The molecule has 6 aliphatic rings. The van der Waals surface area contributed by atoms with Gasteiger partial charge in [-0.15, -0.1) is 42.4 Å². The Kier molecular flexibility index (Phi) is 13.7. The Labute approximate surface area is 335 Å². The lowest BCUT2D eigenvalue weighted by Gasteiger charge is -2.27. The summed E-state index contributed by atoms with van der Waals surface area (Å²) >= 11 is 0. The van der Waals surface area contributed by atoms with Crippen molar-refractivity contribution in [3.05, 3.63) is 69.8 Å². The predicted octanol–water partition coefficient (Wildman–Crippen LogP) is 11.2. The van der Waals surface area contributed by atoms with E-state index < -0.39 is 18.6 Å². The van der Waals surface area contributed by atoms with E-state index in [1.807, 2.05) is 32.0 Å². The highest BCUT2D eigenvalue weighted by Gasteiger charge is 2.47. The van der Waals surface area contributed by atoms with Gasteiger partial charge in [-0.2, -0.15) is 4.39 Å². The van der Waals surface area contributed by atoms with Crippen LogP contribution in [0.3, 0.4) is 0 Å². The fourth-order valence-corrected chi connectivity index (χ4v) is 7.72. The Morgan fingerprint density at radius 1 is 0.482 bits per heavy atom. The van der Waals surface area contributed by atoms with Crippen molar-refractivity contribution in [2.75, 3.05) is 19.8 Å². The number of alkyl halides is 5. The molecule has 0 saturated heterocycles. The topological polar surface area (TPSA) is 83.1 Å². The number of halogens is 7. The largest absolute Gasteiger partial charge is 0.586 e. The Balaban J connectivity index is 0.000000158. The van der Waals surface area contributed by atoms with Gasteiger partial charge in [-0.1, -0.05) is 58.2 Å². The van der Waals surface area contributed by atoms with E-state index in [1.54, 1.807) is 18.2 Å². The minimum absolute atomic E-state index is 0. The van der Waals surface area contributed by atoms with Gasteiger partial charge < -0.3 is 42.6 Å². The van der Waals surface area contributed by atoms with Crippen molar-refractivity contribution in [2.45, 2.75) is 122 Å². The summed E-state index contributed by atoms with van der Waals surface area (Å²) in [4.78, 5) is 0. The van der Waals surface area contributed by atoms with Gasteiger partial charge in [0.25, 0.3) is 0 Å². The molecule has 310 valence electrons. The molecule has 9 rings (SSSR count). The van der Waals surface area contributed by atoms with Crippen LogP contribution in [0.2, 0.25) is 0 Å². The summed E-state index contributed by atoms with van der Waals surface area (Å²) in [6.07, 6.45) is 0.148. The molecule has 3 aromatic rings. The number of fused-ring (bicyclic) bond motifs is 9. The average molecular weight is 838 g/mol.